The molecule has 0 atom stereocenters. The van der Waals surface area contributed by atoms with Crippen molar-refractivity contribution in [1.29, 1.82) is 0 Å². The molecule has 4 nitrogen and oxygen atoms in total. The van der Waals surface area contributed by atoms with Gasteiger partial charge in [0.25, 0.3) is 0 Å². The molecule has 0 amide bonds. The predicted molar refractivity (Wildman–Crippen MR) is 98.7 cm³/mol. The van der Waals surface area contributed by atoms with E-state index < -0.39 is 0 Å². The third kappa shape index (κ3) is 3.85. The van der Waals surface area contributed by atoms with Crippen LogP contribution in [-0.4, -0.2) is 15.9 Å². The number of carbonyl (C=O) groups excluding carboxylic acids is 1. The van der Waals surface area contributed by atoms with Crippen LogP contribution in [0.15, 0.2) is 42.5 Å². The molecule has 0 bridgehead atoms. The highest BCUT2D eigenvalue weighted by Crippen LogP contribution is 2.17. The van der Waals surface area contributed by atoms with Crippen LogP contribution in [0.1, 0.15) is 52.6 Å². The number of fused-ring (bicyclic) bond motifs is 1. The molecule has 3 aromatic rings. The van der Waals surface area contributed by atoms with Crippen molar-refractivity contribution in [2.75, 3.05) is 0 Å². The Morgan fingerprint density at radius 1 is 0.960 bits per heavy atom. The standard InChI is InChI=1S/C21H22N2O2/c1-13(2)17-7-5-16(6-8-17)12-25-21(24)18-9-10-19-20(11-18)23-15(4)14(3)22-19/h5-11,13H,12H2,1-4H3. The molecule has 0 unspecified atom stereocenters. The van der Waals surface area contributed by atoms with Gasteiger partial charge in [0.05, 0.1) is 28.0 Å². The second-order valence-corrected chi connectivity index (χ2v) is 6.57. The van der Waals surface area contributed by atoms with E-state index in [9.17, 15) is 4.79 Å². The molecule has 1 aromatic heterocycles. The number of aromatic nitrogens is 2. The highest BCUT2D eigenvalue weighted by molar-refractivity contribution is 5.93. The van der Waals surface area contributed by atoms with Gasteiger partial charge < -0.3 is 4.74 Å². The molecule has 0 aliphatic heterocycles. The smallest absolute Gasteiger partial charge is 0.338 e. The fourth-order valence-corrected chi connectivity index (χ4v) is 2.59. The summed E-state index contributed by atoms with van der Waals surface area (Å²) >= 11 is 0. The Morgan fingerprint density at radius 3 is 2.24 bits per heavy atom. The first kappa shape index (κ1) is 17.1. The van der Waals surface area contributed by atoms with E-state index in [2.05, 4.69) is 35.9 Å². The van der Waals surface area contributed by atoms with Crippen LogP contribution < -0.4 is 0 Å². The predicted octanol–water partition coefficient (Wildman–Crippen LogP) is 4.73. The van der Waals surface area contributed by atoms with E-state index in [-0.39, 0.29) is 12.6 Å². The number of hydrogen-bond donors (Lipinski definition) is 0. The van der Waals surface area contributed by atoms with E-state index in [0.29, 0.717) is 17.0 Å². The maximum atomic E-state index is 12.3. The van der Waals surface area contributed by atoms with Gasteiger partial charge in [0.15, 0.2) is 0 Å². The lowest BCUT2D eigenvalue weighted by Crippen LogP contribution is -2.06. The van der Waals surface area contributed by atoms with Gasteiger partial charge in [0.1, 0.15) is 6.61 Å². The van der Waals surface area contributed by atoms with Crippen LogP contribution in [0, 0.1) is 13.8 Å². The van der Waals surface area contributed by atoms with Gasteiger partial charge in [-0.15, -0.1) is 0 Å². The number of nitrogens with zero attached hydrogens (tertiary/aromatic N) is 2. The third-order valence-corrected chi connectivity index (χ3v) is 4.33. The molecule has 3 rings (SSSR count). The van der Waals surface area contributed by atoms with Gasteiger partial charge in [-0.1, -0.05) is 38.1 Å². The molecule has 128 valence electrons. The van der Waals surface area contributed by atoms with Gasteiger partial charge in [-0.3, -0.25) is 0 Å². The Bertz CT molecular complexity index is 915. The molecular formula is C21H22N2O2. The summed E-state index contributed by atoms with van der Waals surface area (Å²) in [7, 11) is 0. The quantitative estimate of drug-likeness (QED) is 0.647. The number of esters is 1. The van der Waals surface area contributed by atoms with Crippen LogP contribution in [0.2, 0.25) is 0 Å². The van der Waals surface area contributed by atoms with Crippen LogP contribution in [0.4, 0.5) is 0 Å². The van der Waals surface area contributed by atoms with Gasteiger partial charge in [0, 0.05) is 0 Å². The Labute approximate surface area is 147 Å². The maximum absolute atomic E-state index is 12.3. The Kier molecular flexibility index (Phi) is 4.79. The van der Waals surface area contributed by atoms with Crippen molar-refractivity contribution < 1.29 is 9.53 Å². The summed E-state index contributed by atoms with van der Waals surface area (Å²) in [5.74, 6) is 0.136. The molecular weight excluding hydrogens is 312 g/mol. The molecule has 0 N–H and O–H groups in total. The fourth-order valence-electron chi connectivity index (χ4n) is 2.59. The summed E-state index contributed by atoms with van der Waals surface area (Å²) in [4.78, 5) is 21.3. The monoisotopic (exact) mass is 334 g/mol. The largest absolute Gasteiger partial charge is 0.457 e. The molecule has 0 saturated heterocycles. The van der Waals surface area contributed by atoms with Gasteiger partial charge in [0.2, 0.25) is 0 Å². The SMILES string of the molecule is Cc1nc2ccc(C(=O)OCc3ccc(C(C)C)cc3)cc2nc1C. The summed E-state index contributed by atoms with van der Waals surface area (Å²) in [5, 5.41) is 0. The van der Waals surface area contributed by atoms with Crippen LogP contribution >= 0.6 is 0 Å². The molecule has 0 spiro atoms. The summed E-state index contributed by atoms with van der Waals surface area (Å²) in [5.41, 5.74) is 5.99. The van der Waals surface area contributed by atoms with Crippen molar-refractivity contribution in [2.45, 2.75) is 40.2 Å². The normalized spacial score (nSPS) is 11.1. The number of carbonyl (C=O) groups is 1. The van der Waals surface area contributed by atoms with Crippen molar-refractivity contribution in [2.24, 2.45) is 0 Å². The zero-order chi connectivity index (χ0) is 18.0. The summed E-state index contributed by atoms with van der Waals surface area (Å²) in [6.45, 7) is 8.40. The number of hydrogen-bond acceptors (Lipinski definition) is 4. The number of benzene rings is 2. The van der Waals surface area contributed by atoms with Crippen LogP contribution in [0.25, 0.3) is 11.0 Å². The van der Waals surface area contributed by atoms with E-state index in [0.717, 1.165) is 22.5 Å². The average Bonchev–Trinajstić information content (AvgIpc) is 2.60. The maximum Gasteiger partial charge on any atom is 0.338 e. The Hall–Kier alpha value is -2.75. The zero-order valence-electron chi connectivity index (χ0n) is 15.0. The van der Waals surface area contributed by atoms with Gasteiger partial charge in [-0.25, -0.2) is 14.8 Å². The fraction of sp³-hybridized carbons (Fsp3) is 0.286. The van der Waals surface area contributed by atoms with Crippen LogP contribution in [0.5, 0.6) is 0 Å². The van der Waals surface area contributed by atoms with Crippen molar-refractivity contribution in [3.63, 3.8) is 0 Å². The highest BCUT2D eigenvalue weighted by atomic mass is 16.5. The lowest BCUT2D eigenvalue weighted by atomic mass is 10.0. The Morgan fingerprint density at radius 2 is 1.60 bits per heavy atom. The Balaban J connectivity index is 1.72. The minimum absolute atomic E-state index is 0.258. The van der Waals surface area contributed by atoms with Gasteiger partial charge >= 0.3 is 5.97 Å². The molecule has 1 heterocycles. The minimum atomic E-state index is -0.352. The first-order valence-corrected chi connectivity index (χ1v) is 8.45. The summed E-state index contributed by atoms with van der Waals surface area (Å²) in [6.07, 6.45) is 0. The molecule has 2 aromatic carbocycles. The van der Waals surface area contributed by atoms with Crippen LogP contribution in [0.3, 0.4) is 0 Å². The summed E-state index contributed by atoms with van der Waals surface area (Å²) < 4.78 is 5.43. The van der Waals surface area contributed by atoms with E-state index in [4.69, 9.17) is 4.74 Å². The highest BCUT2D eigenvalue weighted by Gasteiger charge is 2.10. The van der Waals surface area contributed by atoms with Gasteiger partial charge in [-0.2, -0.15) is 0 Å². The first-order chi connectivity index (χ1) is 11.9. The van der Waals surface area contributed by atoms with Crippen molar-refractivity contribution in [3.8, 4) is 0 Å². The average molecular weight is 334 g/mol. The third-order valence-electron chi connectivity index (χ3n) is 4.33. The first-order valence-electron chi connectivity index (χ1n) is 8.45. The molecule has 0 fully saturated rings. The lowest BCUT2D eigenvalue weighted by molar-refractivity contribution is 0.0473. The lowest BCUT2D eigenvalue weighted by Gasteiger charge is -2.09. The molecule has 0 saturated carbocycles. The van der Waals surface area contributed by atoms with E-state index in [1.807, 2.05) is 32.0 Å². The zero-order valence-corrected chi connectivity index (χ0v) is 15.0. The molecule has 25 heavy (non-hydrogen) atoms. The van der Waals surface area contributed by atoms with E-state index in [1.165, 1.54) is 5.56 Å². The second-order valence-electron chi connectivity index (χ2n) is 6.57. The number of rotatable bonds is 4. The van der Waals surface area contributed by atoms with Crippen LogP contribution in [-0.2, 0) is 11.3 Å². The van der Waals surface area contributed by atoms with Gasteiger partial charge in [-0.05, 0) is 49.1 Å². The summed E-state index contributed by atoms with van der Waals surface area (Å²) in [6, 6.07) is 13.4. The molecule has 0 aliphatic carbocycles. The molecule has 0 radical (unpaired) electrons. The number of ether oxygens (including phenoxy) is 1. The second kappa shape index (κ2) is 7.01. The number of aryl methyl sites for hydroxylation is 2. The van der Waals surface area contributed by atoms with Crippen molar-refractivity contribution >= 4 is 17.0 Å². The molecule has 4 heteroatoms. The van der Waals surface area contributed by atoms with E-state index in [1.54, 1.807) is 12.1 Å². The minimum Gasteiger partial charge on any atom is -0.457 e. The van der Waals surface area contributed by atoms with Crippen molar-refractivity contribution in [3.05, 3.63) is 70.5 Å². The van der Waals surface area contributed by atoms with E-state index >= 15 is 0 Å². The van der Waals surface area contributed by atoms with Crippen molar-refractivity contribution in [1.82, 2.24) is 9.97 Å². The molecule has 0 aliphatic rings. The topological polar surface area (TPSA) is 52.1 Å².